The van der Waals surface area contributed by atoms with Gasteiger partial charge in [0.25, 0.3) is 0 Å². The van der Waals surface area contributed by atoms with Crippen LogP contribution in [0, 0.1) is 6.92 Å². The molecular weight excluding hydrogens is 168 g/mol. The van der Waals surface area contributed by atoms with Crippen LogP contribution in [0.15, 0.2) is 0 Å². The molecule has 0 spiro atoms. The summed E-state index contributed by atoms with van der Waals surface area (Å²) in [5.74, 6) is 0.121. The first-order valence-corrected chi connectivity index (χ1v) is 3.77. The topological polar surface area (TPSA) is 49.7 Å². The first-order chi connectivity index (χ1) is 6.00. The van der Waals surface area contributed by atoms with Crippen LogP contribution in [0.1, 0.15) is 5.56 Å². The van der Waals surface area contributed by atoms with Gasteiger partial charge < -0.3 is 14.9 Å². The smallest absolute Gasteiger partial charge is 0.171 e. The third-order valence-corrected chi connectivity index (χ3v) is 2.07. The van der Waals surface area contributed by atoms with Gasteiger partial charge in [0.15, 0.2) is 11.5 Å². The lowest BCUT2D eigenvalue weighted by molar-refractivity contribution is 0.361. The number of hydrogen-bond acceptors (Lipinski definition) is 3. The predicted molar refractivity (Wildman–Crippen MR) is 51.4 cm³/mol. The normalized spacial score (nSPS) is 10.0. The number of aromatic hydroxyl groups is 2. The van der Waals surface area contributed by atoms with Gasteiger partial charge in [0, 0.05) is 10.8 Å². The van der Waals surface area contributed by atoms with E-state index >= 15 is 0 Å². The maximum Gasteiger partial charge on any atom is 0.171 e. The van der Waals surface area contributed by atoms with Crippen molar-refractivity contribution in [1.82, 2.24) is 0 Å². The third-order valence-electron chi connectivity index (χ3n) is 2.07. The van der Waals surface area contributed by atoms with Crippen molar-refractivity contribution in [3.8, 4) is 17.2 Å². The molecule has 1 rings (SSSR count). The Balaban J connectivity index is 3.78. The zero-order valence-electron chi connectivity index (χ0n) is 7.72. The standard InChI is InChI=1S/C10H12O3/c1-5-6(2)9(12)10(13-4)7(3)8(5)11/h11-12H,2-3H2,1,4H3. The largest absolute Gasteiger partial charge is 0.507 e. The Morgan fingerprint density at radius 3 is 2.08 bits per heavy atom. The molecule has 1 aromatic rings. The van der Waals surface area contributed by atoms with E-state index in [0.29, 0.717) is 10.8 Å². The Bertz CT molecular complexity index is 435. The van der Waals surface area contributed by atoms with E-state index in [0.717, 1.165) is 0 Å². The molecule has 1 aromatic carbocycles. The van der Waals surface area contributed by atoms with Gasteiger partial charge in [-0.3, -0.25) is 0 Å². The number of phenolic OH excluding ortho intramolecular Hbond substituents is 2. The average Bonchev–Trinajstić information content (AvgIpc) is 2.13. The van der Waals surface area contributed by atoms with Gasteiger partial charge >= 0.3 is 0 Å². The highest BCUT2D eigenvalue weighted by Gasteiger charge is 2.10. The summed E-state index contributed by atoms with van der Waals surface area (Å²) >= 11 is 0. The minimum atomic E-state index is -0.0669. The van der Waals surface area contributed by atoms with E-state index in [1.54, 1.807) is 6.92 Å². The van der Waals surface area contributed by atoms with Crippen LogP contribution < -0.4 is 15.2 Å². The Morgan fingerprint density at radius 2 is 1.62 bits per heavy atom. The molecule has 0 fully saturated rings. The summed E-state index contributed by atoms with van der Waals surface area (Å²) < 4.78 is 4.88. The Hall–Kier alpha value is -1.64. The zero-order valence-corrected chi connectivity index (χ0v) is 7.72. The van der Waals surface area contributed by atoms with Crippen molar-refractivity contribution in [3.63, 3.8) is 0 Å². The molecule has 0 atom stereocenters. The number of hydrogen-bond donors (Lipinski definition) is 2. The quantitative estimate of drug-likeness (QED) is 0.608. The minimum Gasteiger partial charge on any atom is -0.507 e. The lowest BCUT2D eigenvalue weighted by atomic mass is 10.1. The van der Waals surface area contributed by atoms with Crippen LogP contribution in [0.3, 0.4) is 0 Å². The van der Waals surface area contributed by atoms with Crippen molar-refractivity contribution in [2.45, 2.75) is 6.92 Å². The maximum absolute atomic E-state index is 9.55. The highest BCUT2D eigenvalue weighted by Crippen LogP contribution is 2.21. The van der Waals surface area contributed by atoms with E-state index in [1.807, 2.05) is 0 Å². The second-order valence-electron chi connectivity index (χ2n) is 2.81. The molecule has 0 aliphatic rings. The molecule has 0 saturated carbocycles. The van der Waals surface area contributed by atoms with Gasteiger partial charge in [0.2, 0.25) is 0 Å². The van der Waals surface area contributed by atoms with E-state index in [4.69, 9.17) is 4.74 Å². The Kier molecular flexibility index (Phi) is 2.19. The molecular formula is C10H12O3. The Labute approximate surface area is 76.2 Å². The molecule has 3 heteroatoms. The molecule has 0 saturated heterocycles. The first-order valence-electron chi connectivity index (χ1n) is 3.77. The molecule has 0 radical (unpaired) electrons. The molecule has 0 aliphatic heterocycles. The molecule has 3 nitrogen and oxygen atoms in total. The maximum atomic E-state index is 9.55. The lowest BCUT2D eigenvalue weighted by Gasteiger charge is -2.08. The molecule has 0 bridgehead atoms. The lowest BCUT2D eigenvalue weighted by Crippen LogP contribution is -2.15. The van der Waals surface area contributed by atoms with Gasteiger partial charge in [-0.1, -0.05) is 13.2 Å². The van der Waals surface area contributed by atoms with Gasteiger partial charge in [-0.2, -0.15) is 0 Å². The minimum absolute atomic E-state index is 0.0136. The fraction of sp³-hybridized carbons (Fsp3) is 0.200. The molecule has 70 valence electrons. The van der Waals surface area contributed by atoms with Crippen molar-refractivity contribution in [3.05, 3.63) is 16.0 Å². The molecule has 0 aromatic heterocycles. The Morgan fingerprint density at radius 1 is 1.08 bits per heavy atom. The van der Waals surface area contributed by atoms with E-state index in [9.17, 15) is 10.2 Å². The van der Waals surface area contributed by atoms with Crippen LogP contribution in [0.5, 0.6) is 17.2 Å². The second-order valence-corrected chi connectivity index (χ2v) is 2.81. The monoisotopic (exact) mass is 180 g/mol. The van der Waals surface area contributed by atoms with Crippen LogP contribution in [-0.4, -0.2) is 17.3 Å². The van der Waals surface area contributed by atoms with E-state index in [2.05, 4.69) is 13.2 Å². The highest BCUT2D eigenvalue weighted by atomic mass is 16.5. The van der Waals surface area contributed by atoms with Gasteiger partial charge in [-0.25, -0.2) is 0 Å². The second kappa shape index (κ2) is 3.01. The summed E-state index contributed by atoms with van der Waals surface area (Å²) in [6, 6.07) is 0. The molecule has 0 heterocycles. The van der Waals surface area contributed by atoms with Crippen molar-refractivity contribution in [2.75, 3.05) is 7.11 Å². The van der Waals surface area contributed by atoms with Gasteiger partial charge in [0.05, 0.1) is 12.3 Å². The summed E-state index contributed by atoms with van der Waals surface area (Å²) in [4.78, 5) is 0. The average molecular weight is 180 g/mol. The predicted octanol–water partition coefficient (Wildman–Crippen LogP) is 0.235. The zero-order chi connectivity index (χ0) is 10.2. The SMILES string of the molecule is C=c1c(C)c(O)c(=C)c(OC)c1O. The van der Waals surface area contributed by atoms with Crippen molar-refractivity contribution in [2.24, 2.45) is 0 Å². The van der Waals surface area contributed by atoms with Crippen LogP contribution >= 0.6 is 0 Å². The van der Waals surface area contributed by atoms with Crippen LogP contribution in [0.25, 0.3) is 13.2 Å². The molecule has 13 heavy (non-hydrogen) atoms. The summed E-state index contributed by atoms with van der Waals surface area (Å²) in [5, 5.41) is 19.7. The highest BCUT2D eigenvalue weighted by molar-refractivity contribution is 5.53. The van der Waals surface area contributed by atoms with Crippen LogP contribution in [-0.2, 0) is 0 Å². The van der Waals surface area contributed by atoms with Crippen LogP contribution in [0.4, 0.5) is 0 Å². The number of phenols is 2. The summed E-state index contributed by atoms with van der Waals surface area (Å²) in [5.41, 5.74) is 0.517. The number of methoxy groups -OCH3 is 1. The molecule has 0 aliphatic carbocycles. The third kappa shape index (κ3) is 1.22. The van der Waals surface area contributed by atoms with Crippen molar-refractivity contribution in [1.29, 1.82) is 0 Å². The fourth-order valence-electron chi connectivity index (χ4n) is 1.15. The van der Waals surface area contributed by atoms with Gasteiger partial charge in [-0.05, 0) is 6.92 Å². The number of ether oxygens (including phenoxy) is 1. The number of benzene rings is 1. The first kappa shape index (κ1) is 9.45. The molecule has 0 amide bonds. The summed E-state index contributed by atoms with van der Waals surface area (Å²) in [7, 11) is 1.40. The number of rotatable bonds is 1. The van der Waals surface area contributed by atoms with Crippen LogP contribution in [0.2, 0.25) is 0 Å². The van der Waals surface area contributed by atoms with Crippen molar-refractivity contribution < 1.29 is 14.9 Å². The van der Waals surface area contributed by atoms with Gasteiger partial charge in [-0.15, -0.1) is 0 Å². The van der Waals surface area contributed by atoms with Gasteiger partial charge in [0.1, 0.15) is 5.75 Å². The summed E-state index contributed by atoms with van der Waals surface area (Å²) in [6.45, 7) is 8.86. The summed E-state index contributed by atoms with van der Waals surface area (Å²) in [6.07, 6.45) is 0. The van der Waals surface area contributed by atoms with E-state index in [1.165, 1.54) is 7.11 Å². The molecule has 0 unspecified atom stereocenters. The fourth-order valence-corrected chi connectivity index (χ4v) is 1.15. The molecule has 2 N–H and O–H groups in total. The van der Waals surface area contributed by atoms with E-state index < -0.39 is 0 Å². The van der Waals surface area contributed by atoms with Crippen molar-refractivity contribution >= 4 is 13.2 Å². The van der Waals surface area contributed by atoms with E-state index in [-0.39, 0.29) is 22.5 Å².